The van der Waals surface area contributed by atoms with Gasteiger partial charge in [0, 0.05) is 12.1 Å². The molecule has 0 radical (unpaired) electrons. The Labute approximate surface area is 120 Å². The van der Waals surface area contributed by atoms with Crippen molar-refractivity contribution in [1.82, 2.24) is 5.32 Å². The van der Waals surface area contributed by atoms with E-state index in [1.807, 2.05) is 38.1 Å². The van der Waals surface area contributed by atoms with Crippen LogP contribution in [-0.2, 0) is 11.2 Å². The average molecular weight is 270 g/mol. The Balaban J connectivity index is 2.06. The Morgan fingerprint density at radius 3 is 2.60 bits per heavy atom. The fourth-order valence-corrected chi connectivity index (χ4v) is 2.56. The quantitative estimate of drug-likeness (QED) is 0.877. The lowest BCUT2D eigenvalue weighted by molar-refractivity contribution is -0.121. The van der Waals surface area contributed by atoms with Crippen molar-refractivity contribution in [2.24, 2.45) is 5.73 Å². The van der Waals surface area contributed by atoms with Gasteiger partial charge < -0.3 is 11.1 Å². The van der Waals surface area contributed by atoms with E-state index in [0.717, 1.165) is 17.4 Å². The maximum atomic E-state index is 12.1. The standard InChI is InChI=1S/C17H22N2O/c1-12(18)10-13(2)19-17(20)11-15-8-5-7-14-6-3-4-9-16(14)15/h3-9,12-13H,10-11,18H2,1-2H3,(H,19,20). The minimum Gasteiger partial charge on any atom is -0.353 e. The van der Waals surface area contributed by atoms with Crippen LogP contribution in [0.4, 0.5) is 0 Å². The number of benzene rings is 2. The number of hydrogen-bond acceptors (Lipinski definition) is 2. The van der Waals surface area contributed by atoms with Gasteiger partial charge in [-0.2, -0.15) is 0 Å². The molecule has 106 valence electrons. The van der Waals surface area contributed by atoms with Gasteiger partial charge in [0.05, 0.1) is 6.42 Å². The Hall–Kier alpha value is -1.87. The highest BCUT2D eigenvalue weighted by molar-refractivity contribution is 5.90. The zero-order valence-corrected chi connectivity index (χ0v) is 12.1. The van der Waals surface area contributed by atoms with Crippen LogP contribution in [0.25, 0.3) is 10.8 Å². The van der Waals surface area contributed by atoms with Crippen LogP contribution in [0.2, 0.25) is 0 Å². The van der Waals surface area contributed by atoms with Gasteiger partial charge in [-0.1, -0.05) is 42.5 Å². The molecule has 2 aromatic carbocycles. The van der Waals surface area contributed by atoms with Gasteiger partial charge in [0.15, 0.2) is 0 Å². The molecule has 0 heterocycles. The van der Waals surface area contributed by atoms with E-state index in [2.05, 4.69) is 23.5 Å². The zero-order chi connectivity index (χ0) is 14.5. The van der Waals surface area contributed by atoms with E-state index in [9.17, 15) is 4.79 Å². The molecule has 2 rings (SSSR count). The molecule has 0 aliphatic rings. The number of amides is 1. The van der Waals surface area contributed by atoms with Crippen molar-refractivity contribution in [2.75, 3.05) is 0 Å². The fourth-order valence-electron chi connectivity index (χ4n) is 2.56. The number of carbonyl (C=O) groups excluding carboxylic acids is 1. The third kappa shape index (κ3) is 3.81. The average Bonchev–Trinajstić information content (AvgIpc) is 2.38. The summed E-state index contributed by atoms with van der Waals surface area (Å²) >= 11 is 0. The van der Waals surface area contributed by atoms with E-state index >= 15 is 0 Å². The molecule has 3 heteroatoms. The monoisotopic (exact) mass is 270 g/mol. The normalized spacial score (nSPS) is 13.9. The molecule has 2 atom stereocenters. The Morgan fingerprint density at radius 1 is 1.15 bits per heavy atom. The van der Waals surface area contributed by atoms with Crippen molar-refractivity contribution in [3.63, 3.8) is 0 Å². The van der Waals surface area contributed by atoms with E-state index in [1.54, 1.807) is 0 Å². The van der Waals surface area contributed by atoms with Crippen LogP contribution in [0.1, 0.15) is 25.8 Å². The summed E-state index contributed by atoms with van der Waals surface area (Å²) in [5.74, 6) is 0.0505. The molecule has 20 heavy (non-hydrogen) atoms. The van der Waals surface area contributed by atoms with Crippen LogP contribution in [0, 0.1) is 0 Å². The molecule has 2 aromatic rings. The summed E-state index contributed by atoms with van der Waals surface area (Å²) in [5.41, 5.74) is 6.81. The largest absolute Gasteiger partial charge is 0.353 e. The smallest absolute Gasteiger partial charge is 0.224 e. The molecule has 1 amide bonds. The molecular weight excluding hydrogens is 248 g/mol. The Morgan fingerprint density at radius 2 is 1.85 bits per heavy atom. The third-order valence-corrected chi connectivity index (χ3v) is 3.36. The van der Waals surface area contributed by atoms with Crippen LogP contribution >= 0.6 is 0 Å². The lowest BCUT2D eigenvalue weighted by Gasteiger charge is -2.16. The van der Waals surface area contributed by atoms with Crippen LogP contribution in [-0.4, -0.2) is 18.0 Å². The van der Waals surface area contributed by atoms with Gasteiger partial charge in [-0.05, 0) is 36.6 Å². The van der Waals surface area contributed by atoms with Gasteiger partial charge >= 0.3 is 0 Å². The van der Waals surface area contributed by atoms with Crippen LogP contribution < -0.4 is 11.1 Å². The molecule has 0 bridgehead atoms. The molecule has 3 nitrogen and oxygen atoms in total. The summed E-state index contributed by atoms with van der Waals surface area (Å²) in [6, 6.07) is 14.4. The molecule has 0 aliphatic heterocycles. The van der Waals surface area contributed by atoms with Gasteiger partial charge in [0.25, 0.3) is 0 Å². The first-order valence-electron chi connectivity index (χ1n) is 7.08. The number of fused-ring (bicyclic) bond motifs is 1. The molecule has 3 N–H and O–H groups in total. The number of hydrogen-bond donors (Lipinski definition) is 2. The summed E-state index contributed by atoms with van der Waals surface area (Å²) < 4.78 is 0. The molecule has 0 aliphatic carbocycles. The highest BCUT2D eigenvalue weighted by Gasteiger charge is 2.11. The Kier molecular flexibility index (Phi) is 4.74. The molecule has 0 fully saturated rings. The van der Waals surface area contributed by atoms with Crippen molar-refractivity contribution in [3.8, 4) is 0 Å². The van der Waals surface area contributed by atoms with E-state index in [1.165, 1.54) is 5.39 Å². The number of nitrogens with one attached hydrogen (secondary N) is 1. The van der Waals surface area contributed by atoms with E-state index in [0.29, 0.717) is 6.42 Å². The molecule has 0 saturated heterocycles. The van der Waals surface area contributed by atoms with Crippen LogP contribution in [0.15, 0.2) is 42.5 Å². The van der Waals surface area contributed by atoms with Crippen LogP contribution in [0.3, 0.4) is 0 Å². The SMILES string of the molecule is CC(N)CC(C)NC(=O)Cc1cccc2ccccc12. The molecular formula is C17H22N2O. The second-order valence-corrected chi connectivity index (χ2v) is 5.50. The maximum absolute atomic E-state index is 12.1. The lowest BCUT2D eigenvalue weighted by atomic mass is 10.0. The first-order chi connectivity index (χ1) is 9.56. The highest BCUT2D eigenvalue weighted by Crippen LogP contribution is 2.18. The lowest BCUT2D eigenvalue weighted by Crippen LogP contribution is -2.37. The minimum absolute atomic E-state index is 0.0505. The van der Waals surface area contributed by atoms with Gasteiger partial charge in [-0.15, -0.1) is 0 Å². The van der Waals surface area contributed by atoms with Crippen LogP contribution in [0.5, 0.6) is 0 Å². The van der Waals surface area contributed by atoms with Gasteiger partial charge in [-0.3, -0.25) is 4.79 Å². The number of nitrogens with two attached hydrogens (primary N) is 1. The highest BCUT2D eigenvalue weighted by atomic mass is 16.1. The van der Waals surface area contributed by atoms with Crippen molar-refractivity contribution < 1.29 is 4.79 Å². The topological polar surface area (TPSA) is 55.1 Å². The summed E-state index contributed by atoms with van der Waals surface area (Å²) in [6.45, 7) is 3.94. The fraction of sp³-hybridized carbons (Fsp3) is 0.353. The number of carbonyl (C=O) groups is 1. The number of rotatable bonds is 5. The van der Waals surface area contributed by atoms with Crippen molar-refractivity contribution in [2.45, 2.75) is 38.8 Å². The second kappa shape index (κ2) is 6.53. The van der Waals surface area contributed by atoms with Crippen molar-refractivity contribution >= 4 is 16.7 Å². The summed E-state index contributed by atoms with van der Waals surface area (Å²) in [5, 5.41) is 5.32. The predicted octanol–water partition coefficient (Wildman–Crippen LogP) is 2.62. The molecule has 0 aromatic heterocycles. The first-order valence-corrected chi connectivity index (χ1v) is 7.08. The third-order valence-electron chi connectivity index (χ3n) is 3.36. The first kappa shape index (κ1) is 14.5. The Bertz CT molecular complexity index is 587. The van der Waals surface area contributed by atoms with E-state index < -0.39 is 0 Å². The molecule has 0 spiro atoms. The second-order valence-electron chi connectivity index (χ2n) is 5.50. The van der Waals surface area contributed by atoms with Gasteiger partial charge in [-0.25, -0.2) is 0 Å². The van der Waals surface area contributed by atoms with Gasteiger partial charge in [0.2, 0.25) is 5.91 Å². The minimum atomic E-state index is 0.0505. The maximum Gasteiger partial charge on any atom is 0.224 e. The van der Waals surface area contributed by atoms with E-state index in [-0.39, 0.29) is 18.0 Å². The molecule has 2 unspecified atom stereocenters. The molecule has 0 saturated carbocycles. The van der Waals surface area contributed by atoms with E-state index in [4.69, 9.17) is 5.73 Å². The van der Waals surface area contributed by atoms with Crippen molar-refractivity contribution in [1.29, 1.82) is 0 Å². The predicted molar refractivity (Wildman–Crippen MR) is 83.5 cm³/mol. The van der Waals surface area contributed by atoms with Gasteiger partial charge in [0.1, 0.15) is 0 Å². The summed E-state index contributed by atoms with van der Waals surface area (Å²) in [6.07, 6.45) is 1.20. The summed E-state index contributed by atoms with van der Waals surface area (Å²) in [4.78, 5) is 12.1. The summed E-state index contributed by atoms with van der Waals surface area (Å²) in [7, 11) is 0. The van der Waals surface area contributed by atoms with Crippen molar-refractivity contribution in [3.05, 3.63) is 48.0 Å². The zero-order valence-electron chi connectivity index (χ0n) is 12.1.